The third-order valence-corrected chi connectivity index (χ3v) is 4.21. The molecule has 10 heteroatoms. The molecule has 0 aliphatic carbocycles. The zero-order valence-corrected chi connectivity index (χ0v) is 14.2. The van der Waals surface area contributed by atoms with Gasteiger partial charge in [-0.2, -0.15) is 18.3 Å². The molecule has 1 N–H and O–H groups in total. The Kier molecular flexibility index (Phi) is 4.17. The summed E-state index contributed by atoms with van der Waals surface area (Å²) in [6.07, 6.45) is -3.64. The Bertz CT molecular complexity index is 1090. The van der Waals surface area contributed by atoms with Crippen molar-refractivity contribution < 1.29 is 22.8 Å². The first kappa shape index (κ1) is 17.8. The van der Waals surface area contributed by atoms with Crippen LogP contribution in [0.3, 0.4) is 0 Å². The number of Topliss-reactive ketones (excluding diaryl/α,β-unsaturated/α-hetero) is 1. The molecule has 1 aliphatic rings. The lowest BCUT2D eigenvalue weighted by molar-refractivity contribution is -0.0884. The summed E-state index contributed by atoms with van der Waals surface area (Å²) in [6, 6.07) is 8.36. The fourth-order valence-electron chi connectivity index (χ4n) is 2.92. The standard InChI is InChI=1S/C18H12F3N5O2/c19-18(20,21)15(27)10-3-1-2-4-11(10)16-22-6-5-12(24-16)13-9-14-17(28)23-7-8-26(14)25-13/h1-6,9H,7-8H2,(H,23,28). The predicted octanol–water partition coefficient (Wildman–Crippen LogP) is 2.50. The van der Waals surface area contributed by atoms with Crippen molar-refractivity contribution in [2.24, 2.45) is 0 Å². The second-order valence-electron chi connectivity index (χ2n) is 6.03. The normalized spacial score (nSPS) is 13.8. The van der Waals surface area contributed by atoms with Crippen LogP contribution in [0.2, 0.25) is 0 Å². The fraction of sp³-hybridized carbons (Fsp3) is 0.167. The molecule has 7 nitrogen and oxygen atoms in total. The lowest BCUT2D eigenvalue weighted by Gasteiger charge is -2.13. The van der Waals surface area contributed by atoms with Crippen LogP contribution in [0.15, 0.2) is 42.6 Å². The molecule has 0 atom stereocenters. The maximum absolute atomic E-state index is 12.9. The largest absolute Gasteiger partial charge is 0.454 e. The fourth-order valence-corrected chi connectivity index (χ4v) is 2.92. The highest BCUT2D eigenvalue weighted by Crippen LogP contribution is 2.29. The molecule has 0 radical (unpaired) electrons. The Morgan fingerprint density at radius 1 is 1.14 bits per heavy atom. The van der Waals surface area contributed by atoms with Crippen molar-refractivity contribution in [2.45, 2.75) is 12.7 Å². The maximum Gasteiger partial charge on any atom is 0.454 e. The van der Waals surface area contributed by atoms with Gasteiger partial charge in [0, 0.05) is 23.9 Å². The molecule has 0 saturated carbocycles. The second kappa shape index (κ2) is 6.55. The van der Waals surface area contributed by atoms with E-state index in [4.69, 9.17) is 0 Å². The van der Waals surface area contributed by atoms with E-state index in [9.17, 15) is 22.8 Å². The summed E-state index contributed by atoms with van der Waals surface area (Å²) in [4.78, 5) is 31.9. The number of aromatic nitrogens is 4. The van der Waals surface area contributed by atoms with Gasteiger partial charge < -0.3 is 5.32 Å². The van der Waals surface area contributed by atoms with E-state index in [1.165, 1.54) is 35.1 Å². The molecule has 0 saturated heterocycles. The monoisotopic (exact) mass is 387 g/mol. The number of amides is 1. The molecule has 0 fully saturated rings. The van der Waals surface area contributed by atoms with Crippen molar-refractivity contribution in [3.63, 3.8) is 0 Å². The van der Waals surface area contributed by atoms with Crippen LogP contribution >= 0.6 is 0 Å². The number of fused-ring (bicyclic) bond motifs is 1. The minimum Gasteiger partial charge on any atom is -0.349 e. The molecule has 0 unspecified atom stereocenters. The van der Waals surface area contributed by atoms with Crippen LogP contribution in [0.25, 0.3) is 22.8 Å². The highest BCUT2D eigenvalue weighted by atomic mass is 19.4. The number of hydrogen-bond acceptors (Lipinski definition) is 5. The van der Waals surface area contributed by atoms with E-state index in [1.807, 2.05) is 0 Å². The number of benzene rings is 1. The zero-order chi connectivity index (χ0) is 19.9. The first-order chi connectivity index (χ1) is 13.3. The number of carbonyl (C=O) groups excluding carboxylic acids is 2. The molecule has 0 bridgehead atoms. The minimum absolute atomic E-state index is 0.0339. The summed E-state index contributed by atoms with van der Waals surface area (Å²) in [6.45, 7) is 0.955. The van der Waals surface area contributed by atoms with Crippen molar-refractivity contribution in [1.29, 1.82) is 0 Å². The summed E-state index contributed by atoms with van der Waals surface area (Å²) >= 11 is 0. The van der Waals surface area contributed by atoms with E-state index in [1.54, 1.807) is 6.07 Å². The molecular formula is C18H12F3N5O2. The van der Waals surface area contributed by atoms with Crippen LogP contribution in [0.4, 0.5) is 13.2 Å². The first-order valence-electron chi connectivity index (χ1n) is 8.25. The molecule has 4 rings (SSSR count). The molecule has 28 heavy (non-hydrogen) atoms. The van der Waals surface area contributed by atoms with Gasteiger partial charge in [0.2, 0.25) is 0 Å². The number of hydrogen-bond donors (Lipinski definition) is 1. The summed E-state index contributed by atoms with van der Waals surface area (Å²) < 4.78 is 40.2. The van der Waals surface area contributed by atoms with E-state index >= 15 is 0 Å². The van der Waals surface area contributed by atoms with Gasteiger partial charge in [0.1, 0.15) is 11.4 Å². The van der Waals surface area contributed by atoms with E-state index < -0.39 is 17.5 Å². The number of alkyl halides is 3. The number of carbonyl (C=O) groups is 2. The number of halogens is 3. The predicted molar refractivity (Wildman–Crippen MR) is 91.4 cm³/mol. The van der Waals surface area contributed by atoms with Crippen LogP contribution in [-0.2, 0) is 6.54 Å². The number of nitrogens with zero attached hydrogens (tertiary/aromatic N) is 4. The van der Waals surface area contributed by atoms with Gasteiger partial charge in [0.25, 0.3) is 11.7 Å². The number of nitrogens with one attached hydrogen (secondary N) is 1. The van der Waals surface area contributed by atoms with Gasteiger partial charge >= 0.3 is 6.18 Å². The van der Waals surface area contributed by atoms with Gasteiger partial charge in [-0.3, -0.25) is 14.3 Å². The van der Waals surface area contributed by atoms with Gasteiger partial charge in [0.15, 0.2) is 5.82 Å². The van der Waals surface area contributed by atoms with E-state index in [0.29, 0.717) is 30.2 Å². The topological polar surface area (TPSA) is 89.8 Å². The smallest absolute Gasteiger partial charge is 0.349 e. The highest BCUT2D eigenvalue weighted by molar-refractivity contribution is 6.05. The molecule has 1 aliphatic heterocycles. The van der Waals surface area contributed by atoms with Crippen molar-refractivity contribution in [2.75, 3.05) is 6.54 Å². The average Bonchev–Trinajstić information content (AvgIpc) is 3.13. The van der Waals surface area contributed by atoms with Gasteiger partial charge in [0.05, 0.1) is 12.2 Å². The molecule has 2 aromatic heterocycles. The van der Waals surface area contributed by atoms with Gasteiger partial charge in [-0.25, -0.2) is 9.97 Å². The van der Waals surface area contributed by atoms with Crippen molar-refractivity contribution in [3.05, 3.63) is 53.9 Å². The second-order valence-corrected chi connectivity index (χ2v) is 6.03. The van der Waals surface area contributed by atoms with Crippen LogP contribution < -0.4 is 5.32 Å². The number of ketones is 1. The van der Waals surface area contributed by atoms with Crippen molar-refractivity contribution in [1.82, 2.24) is 25.1 Å². The summed E-state index contributed by atoms with van der Waals surface area (Å²) in [7, 11) is 0. The first-order valence-corrected chi connectivity index (χ1v) is 8.25. The molecule has 3 aromatic rings. The van der Waals surface area contributed by atoms with Crippen molar-refractivity contribution >= 4 is 11.7 Å². The molecule has 142 valence electrons. The Labute approximate surface area is 156 Å². The Morgan fingerprint density at radius 3 is 2.68 bits per heavy atom. The quantitative estimate of drug-likeness (QED) is 0.698. The SMILES string of the molecule is O=C1NCCn2nc(-c3ccnc(-c4ccccc4C(=O)C(F)(F)F)n3)cc21. The lowest BCUT2D eigenvalue weighted by atomic mass is 10.0. The van der Waals surface area contributed by atoms with Crippen LogP contribution in [0.5, 0.6) is 0 Å². The third-order valence-electron chi connectivity index (χ3n) is 4.21. The van der Waals surface area contributed by atoms with Crippen LogP contribution in [0.1, 0.15) is 20.8 Å². The lowest BCUT2D eigenvalue weighted by Crippen LogP contribution is -2.35. The zero-order valence-electron chi connectivity index (χ0n) is 14.2. The minimum atomic E-state index is -5.01. The van der Waals surface area contributed by atoms with Crippen LogP contribution in [-0.4, -0.2) is 44.2 Å². The highest BCUT2D eigenvalue weighted by Gasteiger charge is 2.40. The molecule has 3 heterocycles. The van der Waals surface area contributed by atoms with E-state index in [2.05, 4.69) is 20.4 Å². The van der Waals surface area contributed by atoms with Crippen LogP contribution in [0, 0.1) is 0 Å². The third kappa shape index (κ3) is 3.13. The van der Waals surface area contributed by atoms with Gasteiger partial charge in [-0.1, -0.05) is 24.3 Å². The Hall–Kier alpha value is -3.56. The van der Waals surface area contributed by atoms with Gasteiger partial charge in [-0.05, 0) is 12.1 Å². The number of rotatable bonds is 3. The summed E-state index contributed by atoms with van der Waals surface area (Å²) in [5.74, 6) is -2.27. The maximum atomic E-state index is 12.9. The van der Waals surface area contributed by atoms with E-state index in [0.717, 1.165) is 6.07 Å². The summed E-state index contributed by atoms with van der Waals surface area (Å²) in [5.41, 5.74) is 0.516. The Morgan fingerprint density at radius 2 is 1.93 bits per heavy atom. The Balaban J connectivity index is 1.77. The average molecular weight is 387 g/mol. The summed E-state index contributed by atoms with van der Waals surface area (Å²) in [5, 5.41) is 7.02. The molecule has 1 aromatic carbocycles. The molecule has 1 amide bonds. The molecular weight excluding hydrogens is 375 g/mol. The van der Waals surface area contributed by atoms with Crippen molar-refractivity contribution in [3.8, 4) is 22.8 Å². The molecule has 0 spiro atoms. The van der Waals surface area contributed by atoms with Gasteiger partial charge in [-0.15, -0.1) is 0 Å². The van der Waals surface area contributed by atoms with E-state index in [-0.39, 0.29) is 17.3 Å².